The maximum Gasteiger partial charge on any atom is 0.434 e. The van der Waals surface area contributed by atoms with E-state index in [1.54, 1.807) is 0 Å². The normalized spacial score (nSPS) is 11.0. The average Bonchev–Trinajstić information content (AvgIpc) is 2.83. The fourth-order valence-electron chi connectivity index (χ4n) is 2.55. The molecule has 3 aromatic rings. The number of benzene rings is 2. The second kappa shape index (κ2) is 5.80. The van der Waals surface area contributed by atoms with Gasteiger partial charge >= 0.3 is 6.09 Å². The van der Waals surface area contributed by atoms with Crippen molar-refractivity contribution in [1.82, 2.24) is 9.36 Å². The summed E-state index contributed by atoms with van der Waals surface area (Å²) >= 11 is 0. The Labute approximate surface area is 134 Å². The van der Waals surface area contributed by atoms with E-state index in [-0.39, 0.29) is 16.5 Å². The first kappa shape index (κ1) is 15.7. The second-order valence-corrected chi connectivity index (χ2v) is 5.04. The topological polar surface area (TPSA) is 73.5 Å². The summed E-state index contributed by atoms with van der Waals surface area (Å²) in [6.45, 7) is -0.449. The monoisotopic (exact) mass is 334 g/mol. The van der Waals surface area contributed by atoms with Gasteiger partial charge in [-0.1, -0.05) is 6.07 Å². The highest BCUT2D eigenvalue weighted by atomic mass is 19.1. The second-order valence-electron chi connectivity index (χ2n) is 5.04. The molecule has 0 amide bonds. The Morgan fingerprint density at radius 2 is 1.88 bits per heavy atom. The minimum absolute atomic E-state index is 0.0773. The Kier molecular flexibility index (Phi) is 3.80. The van der Waals surface area contributed by atoms with Crippen molar-refractivity contribution < 1.29 is 23.4 Å². The summed E-state index contributed by atoms with van der Waals surface area (Å²) in [4.78, 5) is 23.8. The van der Waals surface area contributed by atoms with E-state index < -0.39 is 29.8 Å². The summed E-state index contributed by atoms with van der Waals surface area (Å²) in [6.07, 6.45) is -1.55. The van der Waals surface area contributed by atoms with Crippen LogP contribution in [0.25, 0.3) is 10.9 Å². The molecule has 24 heavy (non-hydrogen) atoms. The highest BCUT2D eigenvalue weighted by Crippen LogP contribution is 2.21. The van der Waals surface area contributed by atoms with Crippen LogP contribution in [0.1, 0.15) is 5.56 Å². The lowest BCUT2D eigenvalue weighted by Gasteiger charge is -2.11. The number of carboxylic acid groups (broad SMARTS) is 1. The molecule has 8 heteroatoms. The van der Waals surface area contributed by atoms with Gasteiger partial charge in [0.1, 0.15) is 17.4 Å². The Morgan fingerprint density at radius 3 is 2.46 bits per heavy atom. The van der Waals surface area contributed by atoms with Crippen LogP contribution in [0.4, 0.5) is 13.6 Å². The van der Waals surface area contributed by atoms with Gasteiger partial charge in [0, 0.05) is 5.56 Å². The molecule has 0 saturated carbocycles. The van der Waals surface area contributed by atoms with Gasteiger partial charge in [-0.2, -0.15) is 0 Å². The van der Waals surface area contributed by atoms with E-state index >= 15 is 0 Å². The summed E-state index contributed by atoms with van der Waals surface area (Å²) in [5.41, 5.74) is -0.917. The molecule has 0 spiro atoms. The van der Waals surface area contributed by atoms with Crippen LogP contribution >= 0.6 is 0 Å². The average molecular weight is 334 g/mol. The van der Waals surface area contributed by atoms with Gasteiger partial charge in [-0.3, -0.25) is 9.48 Å². The number of ether oxygens (including phenoxy) is 1. The van der Waals surface area contributed by atoms with Crippen molar-refractivity contribution in [3.8, 4) is 5.75 Å². The lowest BCUT2D eigenvalue weighted by Crippen LogP contribution is -2.29. The molecular weight excluding hydrogens is 322 g/mol. The lowest BCUT2D eigenvalue weighted by molar-refractivity contribution is 0.187. The fraction of sp³-hybridized carbons (Fsp3) is 0.125. The van der Waals surface area contributed by atoms with Gasteiger partial charge in [-0.25, -0.2) is 13.6 Å². The van der Waals surface area contributed by atoms with Gasteiger partial charge in [0.15, 0.2) is 0 Å². The predicted molar refractivity (Wildman–Crippen MR) is 81.6 cm³/mol. The molecule has 3 rings (SSSR count). The molecule has 124 valence electrons. The third-order valence-corrected chi connectivity index (χ3v) is 3.70. The third-order valence-electron chi connectivity index (χ3n) is 3.70. The Bertz CT molecular complexity index is 987. The molecule has 1 aromatic heterocycles. The summed E-state index contributed by atoms with van der Waals surface area (Å²) in [5.74, 6) is -1.28. The summed E-state index contributed by atoms with van der Waals surface area (Å²) in [5, 5.41) is 9.39. The van der Waals surface area contributed by atoms with Crippen LogP contribution in [0.3, 0.4) is 0 Å². The first-order chi connectivity index (χ1) is 11.4. The zero-order valence-corrected chi connectivity index (χ0v) is 12.5. The first-order valence-electron chi connectivity index (χ1n) is 6.89. The molecule has 2 aromatic carbocycles. The largest absolute Gasteiger partial charge is 0.497 e. The molecule has 0 atom stereocenters. The number of hydrogen-bond acceptors (Lipinski definition) is 3. The van der Waals surface area contributed by atoms with E-state index in [0.29, 0.717) is 10.4 Å². The van der Waals surface area contributed by atoms with Crippen molar-refractivity contribution in [2.75, 3.05) is 7.11 Å². The van der Waals surface area contributed by atoms with Crippen molar-refractivity contribution in [2.45, 2.75) is 6.54 Å². The third kappa shape index (κ3) is 2.41. The highest BCUT2D eigenvalue weighted by molar-refractivity contribution is 5.84. The van der Waals surface area contributed by atoms with Gasteiger partial charge in [-0.15, -0.1) is 4.68 Å². The minimum atomic E-state index is -1.55. The fourth-order valence-corrected chi connectivity index (χ4v) is 2.55. The van der Waals surface area contributed by atoms with Gasteiger partial charge in [-0.05, 0) is 30.3 Å². The molecule has 0 fully saturated rings. The number of aromatic nitrogens is 2. The van der Waals surface area contributed by atoms with Crippen molar-refractivity contribution in [2.24, 2.45) is 0 Å². The van der Waals surface area contributed by atoms with Crippen LogP contribution in [-0.4, -0.2) is 27.7 Å². The summed E-state index contributed by atoms with van der Waals surface area (Å²) in [6, 6.07) is 7.71. The van der Waals surface area contributed by atoms with Crippen LogP contribution in [-0.2, 0) is 6.54 Å². The van der Waals surface area contributed by atoms with Crippen molar-refractivity contribution >= 4 is 17.0 Å². The Balaban J connectivity index is 2.28. The van der Waals surface area contributed by atoms with Crippen LogP contribution in [0.2, 0.25) is 0 Å². The number of methoxy groups -OCH3 is 1. The van der Waals surface area contributed by atoms with Crippen molar-refractivity contribution in [3.05, 3.63) is 63.9 Å². The SMILES string of the molecule is COc1ccc2c(c1)c(=O)n(C(=O)O)n2Cc1c(F)cccc1F. The maximum atomic E-state index is 13.9. The number of nitrogens with zero attached hydrogens (tertiary/aromatic N) is 2. The Morgan fingerprint density at radius 1 is 1.21 bits per heavy atom. The lowest BCUT2D eigenvalue weighted by atomic mass is 10.2. The Hall–Kier alpha value is -3.16. The molecule has 0 saturated heterocycles. The standard InChI is InChI=1S/C16H12F2N2O4/c1-24-9-5-6-14-10(7-9)15(21)20(16(22)23)19(14)8-11-12(17)3-2-4-13(11)18/h2-7H,8H2,1H3,(H,22,23). The van der Waals surface area contributed by atoms with Crippen LogP contribution in [0.5, 0.6) is 5.75 Å². The number of hydrogen-bond donors (Lipinski definition) is 1. The molecule has 1 heterocycles. The molecule has 1 N–H and O–H groups in total. The van der Waals surface area contributed by atoms with E-state index in [9.17, 15) is 23.5 Å². The molecule has 0 aliphatic heterocycles. The molecular formula is C16H12F2N2O4. The summed E-state index contributed by atoms with van der Waals surface area (Å²) < 4.78 is 34.2. The van der Waals surface area contributed by atoms with E-state index in [1.165, 1.54) is 31.4 Å². The van der Waals surface area contributed by atoms with E-state index in [4.69, 9.17) is 4.74 Å². The quantitative estimate of drug-likeness (QED) is 0.799. The molecule has 6 nitrogen and oxygen atoms in total. The van der Waals surface area contributed by atoms with Gasteiger partial charge in [0.25, 0.3) is 5.56 Å². The molecule has 0 aliphatic carbocycles. The maximum absolute atomic E-state index is 13.9. The van der Waals surface area contributed by atoms with Gasteiger partial charge in [0.05, 0.1) is 24.6 Å². The van der Waals surface area contributed by atoms with Crippen LogP contribution in [0, 0.1) is 11.6 Å². The van der Waals surface area contributed by atoms with E-state index in [1.807, 2.05) is 0 Å². The summed E-state index contributed by atoms with van der Waals surface area (Å²) in [7, 11) is 1.41. The minimum Gasteiger partial charge on any atom is -0.497 e. The van der Waals surface area contributed by atoms with Crippen molar-refractivity contribution in [3.63, 3.8) is 0 Å². The highest BCUT2D eigenvalue weighted by Gasteiger charge is 2.20. The van der Waals surface area contributed by atoms with Crippen molar-refractivity contribution in [1.29, 1.82) is 0 Å². The van der Waals surface area contributed by atoms with E-state index in [2.05, 4.69) is 0 Å². The number of rotatable bonds is 3. The zero-order chi connectivity index (χ0) is 17.4. The first-order valence-corrected chi connectivity index (χ1v) is 6.89. The van der Waals surface area contributed by atoms with Gasteiger partial charge in [0.2, 0.25) is 0 Å². The number of carbonyl (C=O) groups is 1. The molecule has 0 unspecified atom stereocenters. The number of fused-ring (bicyclic) bond motifs is 1. The predicted octanol–water partition coefficient (Wildman–Crippen LogP) is 2.66. The molecule has 0 radical (unpaired) electrons. The molecule has 0 aliphatic rings. The van der Waals surface area contributed by atoms with Gasteiger partial charge < -0.3 is 9.84 Å². The zero-order valence-electron chi connectivity index (χ0n) is 12.5. The number of halogens is 2. The van der Waals surface area contributed by atoms with E-state index in [0.717, 1.165) is 16.8 Å². The molecule has 0 bridgehead atoms. The smallest absolute Gasteiger partial charge is 0.434 e. The van der Waals surface area contributed by atoms with Crippen LogP contribution in [0.15, 0.2) is 41.2 Å². The van der Waals surface area contributed by atoms with Crippen LogP contribution < -0.4 is 10.3 Å².